The number of ether oxygens (including phenoxy) is 1. The summed E-state index contributed by atoms with van der Waals surface area (Å²) in [4.78, 5) is 35.2. The summed E-state index contributed by atoms with van der Waals surface area (Å²) in [5, 5.41) is 3.02. The third kappa shape index (κ3) is 6.47. The van der Waals surface area contributed by atoms with Gasteiger partial charge in [-0.2, -0.15) is 0 Å². The normalized spacial score (nSPS) is 18.5. The molecule has 25 heavy (non-hydrogen) atoms. The van der Waals surface area contributed by atoms with Crippen molar-refractivity contribution in [2.24, 2.45) is 0 Å². The minimum atomic E-state index is -3.09. The van der Waals surface area contributed by atoms with E-state index in [1.807, 2.05) is 0 Å². The van der Waals surface area contributed by atoms with Gasteiger partial charge in [0, 0.05) is 23.0 Å². The van der Waals surface area contributed by atoms with Crippen molar-refractivity contribution < 1.29 is 27.5 Å². The summed E-state index contributed by atoms with van der Waals surface area (Å²) < 4.78 is 27.4. The molecule has 1 aliphatic rings. The standard InChI is InChI=1S/C16H18ClNO6S/c17-12-3-1-11(2-4-12)14(19)5-6-16(21)24-9-15(20)18-13-7-8-25(22,23)10-13/h1-4,13H,5-10H2,(H,18,20). The maximum Gasteiger partial charge on any atom is 0.306 e. The molecule has 0 aliphatic carbocycles. The molecule has 0 saturated carbocycles. The van der Waals surface area contributed by atoms with Gasteiger partial charge in [-0.25, -0.2) is 8.42 Å². The highest BCUT2D eigenvalue weighted by Gasteiger charge is 2.29. The molecule has 1 heterocycles. The Hall–Kier alpha value is -1.93. The Labute approximate surface area is 150 Å². The highest BCUT2D eigenvalue weighted by molar-refractivity contribution is 7.91. The lowest BCUT2D eigenvalue weighted by Gasteiger charge is -2.11. The lowest BCUT2D eigenvalue weighted by Crippen LogP contribution is -2.38. The predicted octanol–water partition coefficient (Wildman–Crippen LogP) is 1.15. The fourth-order valence-electron chi connectivity index (χ4n) is 2.39. The molecule has 7 nitrogen and oxygen atoms in total. The second kappa shape index (κ2) is 8.44. The van der Waals surface area contributed by atoms with Crippen LogP contribution in [0.25, 0.3) is 0 Å². The van der Waals surface area contributed by atoms with Crippen LogP contribution in [0.15, 0.2) is 24.3 Å². The zero-order chi connectivity index (χ0) is 18.4. The Morgan fingerprint density at radius 1 is 1.16 bits per heavy atom. The molecule has 1 aliphatic heterocycles. The van der Waals surface area contributed by atoms with Crippen LogP contribution in [0.1, 0.15) is 29.6 Å². The average Bonchev–Trinajstić information content (AvgIpc) is 2.90. The number of halogens is 1. The van der Waals surface area contributed by atoms with Crippen LogP contribution in [-0.4, -0.2) is 50.2 Å². The molecule has 1 N–H and O–H groups in total. The summed E-state index contributed by atoms with van der Waals surface area (Å²) >= 11 is 5.73. The molecule has 0 spiro atoms. The van der Waals surface area contributed by atoms with Gasteiger partial charge in [-0.3, -0.25) is 14.4 Å². The summed E-state index contributed by atoms with van der Waals surface area (Å²) in [5.74, 6) is -1.50. The van der Waals surface area contributed by atoms with Crippen molar-refractivity contribution in [1.29, 1.82) is 0 Å². The highest BCUT2D eigenvalue weighted by Crippen LogP contribution is 2.12. The minimum Gasteiger partial charge on any atom is -0.456 e. The van der Waals surface area contributed by atoms with Gasteiger partial charge in [0.15, 0.2) is 22.2 Å². The van der Waals surface area contributed by atoms with Gasteiger partial charge in [-0.1, -0.05) is 11.6 Å². The van der Waals surface area contributed by atoms with Gasteiger partial charge in [-0.15, -0.1) is 0 Å². The predicted molar refractivity (Wildman–Crippen MR) is 91.2 cm³/mol. The van der Waals surface area contributed by atoms with Crippen LogP contribution in [0, 0.1) is 0 Å². The van der Waals surface area contributed by atoms with Crippen LogP contribution in [-0.2, 0) is 24.2 Å². The fourth-order valence-corrected chi connectivity index (χ4v) is 4.19. The highest BCUT2D eigenvalue weighted by atomic mass is 35.5. The second-order valence-corrected chi connectivity index (χ2v) is 8.42. The number of ketones is 1. The molecular formula is C16H18ClNO6S. The maximum atomic E-state index is 11.9. The van der Waals surface area contributed by atoms with E-state index in [1.54, 1.807) is 24.3 Å². The number of carbonyl (C=O) groups excluding carboxylic acids is 3. The summed E-state index contributed by atoms with van der Waals surface area (Å²) in [7, 11) is -3.09. The summed E-state index contributed by atoms with van der Waals surface area (Å²) in [6, 6.07) is 5.86. The number of nitrogens with one attached hydrogen (secondary N) is 1. The number of esters is 1. The Kier molecular flexibility index (Phi) is 6.55. The quantitative estimate of drug-likeness (QED) is 0.555. The van der Waals surface area contributed by atoms with E-state index in [0.717, 1.165) is 0 Å². The molecule has 1 aromatic carbocycles. The lowest BCUT2D eigenvalue weighted by atomic mass is 10.1. The number of hydrogen-bond acceptors (Lipinski definition) is 6. The number of sulfone groups is 1. The summed E-state index contributed by atoms with van der Waals surface area (Å²) in [6.07, 6.45) is 0.174. The number of benzene rings is 1. The van der Waals surface area contributed by atoms with Crippen LogP contribution >= 0.6 is 11.6 Å². The second-order valence-electron chi connectivity index (χ2n) is 5.76. The van der Waals surface area contributed by atoms with Crippen molar-refractivity contribution in [2.45, 2.75) is 25.3 Å². The molecule has 2 rings (SSSR count). The molecule has 9 heteroatoms. The van der Waals surface area contributed by atoms with E-state index < -0.39 is 34.4 Å². The van der Waals surface area contributed by atoms with Crippen LogP contribution in [0.5, 0.6) is 0 Å². The van der Waals surface area contributed by atoms with E-state index in [0.29, 0.717) is 17.0 Å². The Balaban J connectivity index is 1.67. The molecule has 0 aromatic heterocycles. The van der Waals surface area contributed by atoms with E-state index in [2.05, 4.69) is 5.32 Å². The van der Waals surface area contributed by atoms with Crippen molar-refractivity contribution in [3.8, 4) is 0 Å². The first-order valence-electron chi connectivity index (χ1n) is 7.69. The van der Waals surface area contributed by atoms with Crippen molar-refractivity contribution in [3.63, 3.8) is 0 Å². The monoisotopic (exact) mass is 387 g/mol. The first-order valence-corrected chi connectivity index (χ1v) is 9.89. The first-order chi connectivity index (χ1) is 11.7. The van der Waals surface area contributed by atoms with Gasteiger partial charge in [-0.05, 0) is 30.7 Å². The smallest absolute Gasteiger partial charge is 0.306 e. The van der Waals surface area contributed by atoms with E-state index in [-0.39, 0.29) is 30.1 Å². The Morgan fingerprint density at radius 3 is 2.44 bits per heavy atom. The van der Waals surface area contributed by atoms with E-state index in [4.69, 9.17) is 16.3 Å². The van der Waals surface area contributed by atoms with Crippen LogP contribution < -0.4 is 5.32 Å². The van der Waals surface area contributed by atoms with Crippen LogP contribution in [0.2, 0.25) is 5.02 Å². The van der Waals surface area contributed by atoms with E-state index >= 15 is 0 Å². The van der Waals surface area contributed by atoms with Crippen molar-refractivity contribution in [2.75, 3.05) is 18.1 Å². The van der Waals surface area contributed by atoms with Crippen molar-refractivity contribution >= 4 is 39.1 Å². The third-order valence-corrected chi connectivity index (χ3v) is 5.70. The zero-order valence-corrected chi connectivity index (χ0v) is 14.9. The van der Waals surface area contributed by atoms with Gasteiger partial charge < -0.3 is 10.1 Å². The first kappa shape index (κ1) is 19.4. The van der Waals surface area contributed by atoms with E-state index in [1.165, 1.54) is 0 Å². The molecule has 1 fully saturated rings. The molecule has 1 unspecified atom stereocenters. The van der Waals surface area contributed by atoms with Gasteiger partial charge in [0.05, 0.1) is 17.9 Å². The largest absolute Gasteiger partial charge is 0.456 e. The lowest BCUT2D eigenvalue weighted by molar-refractivity contribution is -0.148. The van der Waals surface area contributed by atoms with E-state index in [9.17, 15) is 22.8 Å². The van der Waals surface area contributed by atoms with Gasteiger partial charge in [0.2, 0.25) is 0 Å². The van der Waals surface area contributed by atoms with Gasteiger partial charge in [0.25, 0.3) is 5.91 Å². The Bertz CT molecular complexity index is 759. The number of Topliss-reactive ketones (excluding diaryl/α,β-unsaturated/α-hetero) is 1. The molecule has 136 valence electrons. The maximum absolute atomic E-state index is 11.9. The molecule has 1 atom stereocenters. The van der Waals surface area contributed by atoms with Gasteiger partial charge in [0.1, 0.15) is 0 Å². The minimum absolute atomic E-state index is 0.0387. The van der Waals surface area contributed by atoms with Crippen LogP contribution in [0.3, 0.4) is 0 Å². The third-order valence-electron chi connectivity index (χ3n) is 3.68. The number of hydrogen-bond donors (Lipinski definition) is 1. The fraction of sp³-hybridized carbons (Fsp3) is 0.438. The SMILES string of the molecule is O=C(COC(=O)CCC(=O)c1ccc(Cl)cc1)NC1CCS(=O)(=O)C1. The number of rotatable bonds is 7. The van der Waals surface area contributed by atoms with Crippen molar-refractivity contribution in [3.05, 3.63) is 34.9 Å². The molecule has 1 amide bonds. The molecule has 0 radical (unpaired) electrons. The topological polar surface area (TPSA) is 107 Å². The van der Waals surface area contributed by atoms with Crippen molar-refractivity contribution in [1.82, 2.24) is 5.32 Å². The number of carbonyl (C=O) groups is 3. The molecule has 1 saturated heterocycles. The molecular weight excluding hydrogens is 370 g/mol. The Morgan fingerprint density at radius 2 is 1.84 bits per heavy atom. The zero-order valence-electron chi connectivity index (χ0n) is 13.4. The summed E-state index contributed by atoms with van der Waals surface area (Å²) in [5.41, 5.74) is 0.442. The average molecular weight is 388 g/mol. The molecule has 1 aromatic rings. The van der Waals surface area contributed by atoms with Crippen LogP contribution in [0.4, 0.5) is 0 Å². The summed E-state index contributed by atoms with van der Waals surface area (Å²) in [6.45, 7) is -0.496. The number of amides is 1. The molecule has 0 bridgehead atoms. The van der Waals surface area contributed by atoms with Gasteiger partial charge >= 0.3 is 5.97 Å².